The molecule has 28 heavy (non-hydrogen) atoms. The van der Waals surface area contributed by atoms with Crippen LogP contribution in [0.5, 0.6) is 0 Å². The second kappa shape index (κ2) is 10.8. The Morgan fingerprint density at radius 2 is 1.93 bits per heavy atom. The van der Waals surface area contributed by atoms with Crippen molar-refractivity contribution < 1.29 is 0 Å². The molecule has 1 aromatic heterocycles. The SMILES string of the molecule is CCc1ccc(C(C)NC(=NC)NCc2cccc(-c3ncn[nH]3)c2)cc1.I. The molecule has 0 bridgehead atoms. The Morgan fingerprint density at radius 3 is 2.57 bits per heavy atom. The minimum atomic E-state index is 0. The van der Waals surface area contributed by atoms with Crippen LogP contribution < -0.4 is 10.6 Å². The molecule has 6 nitrogen and oxygen atoms in total. The number of halogens is 1. The van der Waals surface area contributed by atoms with Crippen LogP contribution in [0.1, 0.15) is 36.6 Å². The van der Waals surface area contributed by atoms with E-state index in [2.05, 4.69) is 81.1 Å². The van der Waals surface area contributed by atoms with Gasteiger partial charge in [-0.05, 0) is 36.1 Å². The maximum Gasteiger partial charge on any atom is 0.191 e. The predicted molar refractivity (Wildman–Crippen MR) is 125 cm³/mol. The van der Waals surface area contributed by atoms with Gasteiger partial charge in [-0.2, -0.15) is 5.10 Å². The van der Waals surface area contributed by atoms with Gasteiger partial charge in [0.05, 0.1) is 6.04 Å². The van der Waals surface area contributed by atoms with E-state index >= 15 is 0 Å². The number of nitrogens with zero attached hydrogens (tertiary/aromatic N) is 3. The zero-order valence-corrected chi connectivity index (χ0v) is 18.8. The molecule has 0 spiro atoms. The maximum absolute atomic E-state index is 4.34. The van der Waals surface area contributed by atoms with Gasteiger partial charge in [-0.1, -0.05) is 49.4 Å². The second-order valence-corrected chi connectivity index (χ2v) is 6.42. The van der Waals surface area contributed by atoms with Gasteiger partial charge in [0.15, 0.2) is 11.8 Å². The molecule has 1 unspecified atom stereocenters. The highest BCUT2D eigenvalue weighted by atomic mass is 127. The lowest BCUT2D eigenvalue weighted by molar-refractivity contribution is 0.685. The van der Waals surface area contributed by atoms with Crippen molar-refractivity contribution in [2.24, 2.45) is 4.99 Å². The monoisotopic (exact) mass is 490 g/mol. The Bertz CT molecular complexity index is 874. The molecule has 0 radical (unpaired) electrons. The summed E-state index contributed by atoms with van der Waals surface area (Å²) in [7, 11) is 1.78. The van der Waals surface area contributed by atoms with Crippen molar-refractivity contribution in [3.05, 3.63) is 71.5 Å². The normalized spacial score (nSPS) is 12.2. The highest BCUT2D eigenvalue weighted by Crippen LogP contribution is 2.16. The lowest BCUT2D eigenvalue weighted by atomic mass is 10.1. The van der Waals surface area contributed by atoms with Crippen LogP contribution in [0, 0.1) is 0 Å². The zero-order valence-electron chi connectivity index (χ0n) is 16.4. The molecule has 3 rings (SSSR count). The van der Waals surface area contributed by atoms with Gasteiger partial charge < -0.3 is 10.6 Å². The maximum atomic E-state index is 4.34. The summed E-state index contributed by atoms with van der Waals surface area (Å²) in [4.78, 5) is 8.54. The van der Waals surface area contributed by atoms with E-state index in [0.29, 0.717) is 6.54 Å². The molecule has 7 heteroatoms. The average molecular weight is 490 g/mol. The summed E-state index contributed by atoms with van der Waals surface area (Å²) in [6.07, 6.45) is 2.57. The summed E-state index contributed by atoms with van der Waals surface area (Å²) >= 11 is 0. The number of aromatic nitrogens is 3. The van der Waals surface area contributed by atoms with Gasteiger partial charge in [-0.3, -0.25) is 10.1 Å². The Labute approximate surface area is 183 Å². The summed E-state index contributed by atoms with van der Waals surface area (Å²) in [5, 5.41) is 13.6. The fourth-order valence-corrected chi connectivity index (χ4v) is 2.88. The van der Waals surface area contributed by atoms with Gasteiger partial charge in [-0.15, -0.1) is 24.0 Å². The molecule has 1 heterocycles. The van der Waals surface area contributed by atoms with Crippen LogP contribution >= 0.6 is 24.0 Å². The Morgan fingerprint density at radius 1 is 1.14 bits per heavy atom. The van der Waals surface area contributed by atoms with Crippen molar-refractivity contribution in [3.63, 3.8) is 0 Å². The summed E-state index contributed by atoms with van der Waals surface area (Å²) in [5.41, 5.74) is 4.74. The van der Waals surface area contributed by atoms with E-state index in [1.807, 2.05) is 12.1 Å². The summed E-state index contributed by atoms with van der Waals surface area (Å²) in [6, 6.07) is 17.1. The molecule has 148 valence electrons. The third kappa shape index (κ3) is 5.79. The fourth-order valence-electron chi connectivity index (χ4n) is 2.88. The van der Waals surface area contributed by atoms with Crippen molar-refractivity contribution in [1.82, 2.24) is 25.8 Å². The second-order valence-electron chi connectivity index (χ2n) is 6.42. The number of nitrogens with one attached hydrogen (secondary N) is 3. The number of aliphatic imine (C=N–C) groups is 1. The van der Waals surface area contributed by atoms with E-state index in [1.165, 1.54) is 17.5 Å². The molecular weight excluding hydrogens is 463 g/mol. The minimum absolute atomic E-state index is 0. The number of hydrogen-bond donors (Lipinski definition) is 3. The van der Waals surface area contributed by atoms with E-state index in [-0.39, 0.29) is 30.0 Å². The number of hydrogen-bond acceptors (Lipinski definition) is 3. The van der Waals surface area contributed by atoms with Crippen molar-refractivity contribution >= 4 is 29.9 Å². The number of rotatable bonds is 6. The molecule has 0 aliphatic heterocycles. The lowest BCUT2D eigenvalue weighted by Gasteiger charge is -2.18. The Kier molecular flexibility index (Phi) is 8.43. The smallest absolute Gasteiger partial charge is 0.191 e. The molecule has 0 aliphatic carbocycles. The van der Waals surface area contributed by atoms with Crippen LogP contribution in [0.3, 0.4) is 0 Å². The van der Waals surface area contributed by atoms with Gasteiger partial charge in [0, 0.05) is 19.2 Å². The first-order chi connectivity index (χ1) is 13.2. The van der Waals surface area contributed by atoms with Gasteiger partial charge >= 0.3 is 0 Å². The van der Waals surface area contributed by atoms with Gasteiger partial charge in [0.25, 0.3) is 0 Å². The Hall–Kier alpha value is -2.42. The first-order valence-electron chi connectivity index (χ1n) is 9.20. The molecular formula is C21H27IN6. The first kappa shape index (κ1) is 21.9. The largest absolute Gasteiger partial charge is 0.352 e. The molecule has 0 amide bonds. The highest BCUT2D eigenvalue weighted by molar-refractivity contribution is 14.0. The van der Waals surface area contributed by atoms with Crippen molar-refractivity contribution in [2.45, 2.75) is 32.9 Å². The molecule has 0 saturated carbocycles. The number of aryl methyl sites for hydroxylation is 1. The van der Waals surface area contributed by atoms with Crippen LogP contribution in [0.2, 0.25) is 0 Å². The number of benzene rings is 2. The third-order valence-electron chi connectivity index (χ3n) is 4.54. The molecule has 3 N–H and O–H groups in total. The fraction of sp³-hybridized carbons (Fsp3) is 0.286. The van der Waals surface area contributed by atoms with Crippen LogP contribution in [0.25, 0.3) is 11.4 Å². The van der Waals surface area contributed by atoms with E-state index in [1.54, 1.807) is 7.05 Å². The number of H-pyrrole nitrogens is 1. The number of guanidine groups is 1. The van der Waals surface area contributed by atoms with Crippen molar-refractivity contribution in [1.29, 1.82) is 0 Å². The Balaban J connectivity index is 0.00000280. The molecule has 0 saturated heterocycles. The van der Waals surface area contributed by atoms with Crippen molar-refractivity contribution in [2.75, 3.05) is 7.05 Å². The van der Waals surface area contributed by atoms with E-state index < -0.39 is 0 Å². The highest BCUT2D eigenvalue weighted by Gasteiger charge is 2.08. The lowest BCUT2D eigenvalue weighted by Crippen LogP contribution is -2.38. The van der Waals surface area contributed by atoms with Gasteiger partial charge in [0.2, 0.25) is 0 Å². The van der Waals surface area contributed by atoms with Crippen LogP contribution in [0.4, 0.5) is 0 Å². The third-order valence-corrected chi connectivity index (χ3v) is 4.54. The van der Waals surface area contributed by atoms with Gasteiger partial charge in [0.1, 0.15) is 6.33 Å². The van der Waals surface area contributed by atoms with Crippen LogP contribution in [-0.2, 0) is 13.0 Å². The van der Waals surface area contributed by atoms with Gasteiger partial charge in [-0.25, -0.2) is 4.98 Å². The van der Waals surface area contributed by atoms with E-state index in [0.717, 1.165) is 29.3 Å². The molecule has 1 atom stereocenters. The van der Waals surface area contributed by atoms with Crippen molar-refractivity contribution in [3.8, 4) is 11.4 Å². The zero-order chi connectivity index (χ0) is 19.1. The molecule has 0 aliphatic rings. The quantitative estimate of drug-likeness (QED) is 0.277. The summed E-state index contributed by atoms with van der Waals surface area (Å²) in [6.45, 7) is 4.97. The first-order valence-corrected chi connectivity index (χ1v) is 9.20. The molecule has 0 fully saturated rings. The topological polar surface area (TPSA) is 78.0 Å². The average Bonchev–Trinajstić information content (AvgIpc) is 3.26. The van der Waals surface area contributed by atoms with E-state index in [9.17, 15) is 0 Å². The van der Waals surface area contributed by atoms with E-state index in [4.69, 9.17) is 0 Å². The number of aromatic amines is 1. The molecule has 3 aromatic rings. The summed E-state index contributed by atoms with van der Waals surface area (Å²) in [5.74, 6) is 1.54. The molecule has 2 aromatic carbocycles. The van der Waals surface area contributed by atoms with Crippen LogP contribution in [0.15, 0.2) is 59.9 Å². The summed E-state index contributed by atoms with van der Waals surface area (Å²) < 4.78 is 0. The minimum Gasteiger partial charge on any atom is -0.352 e. The van der Waals surface area contributed by atoms with Crippen LogP contribution in [-0.4, -0.2) is 28.2 Å². The standard InChI is InChI=1S/C21H26N6.HI/c1-4-16-8-10-18(11-9-16)15(2)26-21(22-3)23-13-17-6-5-7-19(12-17)20-24-14-25-27-20;/h5-12,14-15H,4,13H2,1-3H3,(H2,22,23,26)(H,24,25,27);1H. The predicted octanol–water partition coefficient (Wildman–Crippen LogP) is 4.08.